The number of benzene rings is 2. The normalized spacial score (nSPS) is 22.1. The summed E-state index contributed by atoms with van der Waals surface area (Å²) in [7, 11) is 0. The number of hydrogen-bond donors (Lipinski definition) is 2. The summed E-state index contributed by atoms with van der Waals surface area (Å²) in [5.41, 5.74) is 1.74. The second kappa shape index (κ2) is 8.40. The number of nitrogens with zero attached hydrogens (tertiary/aromatic N) is 4. The third-order valence-corrected chi connectivity index (χ3v) is 8.61. The first-order chi connectivity index (χ1) is 18.5. The molecule has 38 heavy (non-hydrogen) atoms. The van der Waals surface area contributed by atoms with Gasteiger partial charge in [-0.05, 0) is 75.2 Å². The minimum Gasteiger partial charge on any atom is -0.508 e. The Balaban J connectivity index is 1.58. The SMILES string of the molecule is C#Cc1c(F)ccc2cc(O)cc(-c3nc(N(CC)CC)c4c(C5[C@H]6CNC[C@@H]56)nn(C5CC5)c4c3F)c12. The molecule has 4 aromatic rings. The van der Waals surface area contributed by atoms with Gasteiger partial charge in [0.2, 0.25) is 0 Å². The molecule has 3 heterocycles. The van der Waals surface area contributed by atoms with Gasteiger partial charge in [0.25, 0.3) is 0 Å². The molecular weight excluding hydrogens is 484 g/mol. The average molecular weight is 514 g/mol. The molecule has 0 radical (unpaired) electrons. The summed E-state index contributed by atoms with van der Waals surface area (Å²) in [4.78, 5) is 7.07. The molecule has 3 aliphatic rings. The van der Waals surface area contributed by atoms with E-state index in [-0.39, 0.29) is 28.6 Å². The van der Waals surface area contributed by atoms with Crippen molar-refractivity contribution in [3.05, 3.63) is 47.2 Å². The van der Waals surface area contributed by atoms with Crippen LogP contribution in [0.1, 0.15) is 49.9 Å². The smallest absolute Gasteiger partial charge is 0.175 e. The van der Waals surface area contributed by atoms with Gasteiger partial charge in [0.05, 0.1) is 22.7 Å². The van der Waals surface area contributed by atoms with Crippen LogP contribution in [0.5, 0.6) is 5.75 Å². The van der Waals surface area contributed by atoms with Crippen LogP contribution >= 0.6 is 0 Å². The van der Waals surface area contributed by atoms with E-state index >= 15 is 4.39 Å². The number of rotatable bonds is 6. The quantitative estimate of drug-likeness (QED) is 0.341. The minimum absolute atomic E-state index is 0.0258. The number of terminal acetylenes is 1. The lowest BCUT2D eigenvalue weighted by atomic mass is 9.95. The maximum atomic E-state index is 16.9. The molecule has 0 amide bonds. The van der Waals surface area contributed by atoms with Gasteiger partial charge in [-0.15, -0.1) is 6.42 Å². The predicted octanol–water partition coefficient (Wildman–Crippen LogP) is 5.33. The monoisotopic (exact) mass is 513 g/mol. The molecule has 2 aromatic heterocycles. The lowest BCUT2D eigenvalue weighted by Gasteiger charge is -2.23. The Bertz CT molecular complexity index is 1650. The van der Waals surface area contributed by atoms with Crippen LogP contribution in [0.4, 0.5) is 14.6 Å². The van der Waals surface area contributed by atoms with Crippen LogP contribution in [0, 0.1) is 35.8 Å². The Morgan fingerprint density at radius 3 is 2.53 bits per heavy atom. The summed E-state index contributed by atoms with van der Waals surface area (Å²) >= 11 is 0. The first-order valence-corrected chi connectivity index (χ1v) is 13.5. The molecule has 1 unspecified atom stereocenters. The van der Waals surface area contributed by atoms with Crippen molar-refractivity contribution >= 4 is 27.5 Å². The molecule has 1 aliphatic heterocycles. The van der Waals surface area contributed by atoms with Gasteiger partial charge in [0.15, 0.2) is 5.82 Å². The third-order valence-electron chi connectivity index (χ3n) is 8.61. The van der Waals surface area contributed by atoms with E-state index in [4.69, 9.17) is 16.5 Å². The number of pyridine rings is 1. The lowest BCUT2D eigenvalue weighted by Crippen LogP contribution is -2.24. The standard InChI is InChI=1S/C30H29F2N5O/c1-4-18-22(31)10-7-15-11-17(38)12-19(23(15)18)27-26(32)29-25(30(34-27)36(5-2)6-3)28(35-37(29)16-8-9-16)24-20-13-33-14-21(20)24/h1,7,10-12,16,20-21,24,33,38H,5-6,8-9,13-14H2,2-3H3/t20-,21+,24?. The van der Waals surface area contributed by atoms with E-state index in [9.17, 15) is 9.50 Å². The number of aromatic hydroxyl groups is 1. The van der Waals surface area contributed by atoms with Crippen molar-refractivity contribution in [2.45, 2.75) is 38.6 Å². The van der Waals surface area contributed by atoms with Gasteiger partial charge in [-0.1, -0.05) is 12.0 Å². The molecule has 2 saturated carbocycles. The van der Waals surface area contributed by atoms with Crippen molar-refractivity contribution in [3.8, 4) is 29.4 Å². The third kappa shape index (κ3) is 3.27. The van der Waals surface area contributed by atoms with E-state index in [1.807, 2.05) is 4.68 Å². The largest absolute Gasteiger partial charge is 0.508 e. The number of piperidine rings is 1. The molecule has 3 fully saturated rings. The number of nitrogens with one attached hydrogen (secondary N) is 1. The first-order valence-electron chi connectivity index (χ1n) is 13.5. The second-order valence-corrected chi connectivity index (χ2v) is 10.7. The number of phenols is 1. The zero-order valence-electron chi connectivity index (χ0n) is 21.4. The van der Waals surface area contributed by atoms with Gasteiger partial charge >= 0.3 is 0 Å². The molecule has 6 nitrogen and oxygen atoms in total. The summed E-state index contributed by atoms with van der Waals surface area (Å²) in [6, 6.07) is 5.90. The lowest BCUT2D eigenvalue weighted by molar-refractivity contribution is 0.476. The Labute approximate surface area is 219 Å². The van der Waals surface area contributed by atoms with Crippen LogP contribution in [-0.2, 0) is 0 Å². The number of aromatic nitrogens is 3. The molecular formula is C30H29F2N5O. The van der Waals surface area contributed by atoms with Crippen molar-refractivity contribution < 1.29 is 13.9 Å². The molecule has 2 aromatic carbocycles. The zero-order valence-corrected chi connectivity index (χ0v) is 21.4. The highest BCUT2D eigenvalue weighted by Crippen LogP contribution is 2.58. The minimum atomic E-state index is -0.573. The maximum Gasteiger partial charge on any atom is 0.175 e. The number of anilines is 1. The van der Waals surface area contributed by atoms with Gasteiger partial charge in [-0.2, -0.15) is 5.10 Å². The van der Waals surface area contributed by atoms with Crippen LogP contribution in [0.25, 0.3) is 32.9 Å². The summed E-state index contributed by atoms with van der Waals surface area (Å²) in [6.07, 6.45) is 7.62. The van der Waals surface area contributed by atoms with Gasteiger partial charge < -0.3 is 15.3 Å². The highest BCUT2D eigenvalue weighted by molar-refractivity contribution is 6.04. The van der Waals surface area contributed by atoms with E-state index < -0.39 is 11.6 Å². The van der Waals surface area contributed by atoms with E-state index in [1.54, 1.807) is 6.07 Å². The second-order valence-electron chi connectivity index (χ2n) is 10.7. The topological polar surface area (TPSA) is 66.2 Å². The van der Waals surface area contributed by atoms with Crippen molar-refractivity contribution in [1.82, 2.24) is 20.1 Å². The van der Waals surface area contributed by atoms with Gasteiger partial charge in [0.1, 0.15) is 28.6 Å². The number of phenolic OH excluding ortho intramolecular Hbond substituents is 1. The van der Waals surface area contributed by atoms with Gasteiger partial charge in [0, 0.05) is 30.0 Å². The molecule has 7 rings (SSSR count). The average Bonchev–Trinajstić information content (AvgIpc) is 3.79. The van der Waals surface area contributed by atoms with Crippen LogP contribution in [0.2, 0.25) is 0 Å². The Morgan fingerprint density at radius 2 is 1.87 bits per heavy atom. The number of hydrogen-bond acceptors (Lipinski definition) is 5. The van der Waals surface area contributed by atoms with Crippen LogP contribution in [-0.4, -0.2) is 46.1 Å². The highest BCUT2D eigenvalue weighted by atomic mass is 19.1. The van der Waals surface area contributed by atoms with E-state index in [2.05, 4.69) is 30.0 Å². The Hall–Kier alpha value is -3.70. The summed E-state index contributed by atoms with van der Waals surface area (Å²) < 4.78 is 33.6. The summed E-state index contributed by atoms with van der Waals surface area (Å²) in [6.45, 7) is 7.38. The van der Waals surface area contributed by atoms with Crippen molar-refractivity contribution in [1.29, 1.82) is 0 Å². The molecule has 8 heteroatoms. The fourth-order valence-corrected chi connectivity index (χ4v) is 6.53. The molecule has 2 aliphatic carbocycles. The Morgan fingerprint density at radius 1 is 1.13 bits per heavy atom. The first kappa shape index (κ1) is 23.4. The summed E-state index contributed by atoms with van der Waals surface area (Å²) in [5, 5.41) is 20.8. The molecule has 2 N–H and O–H groups in total. The Kier molecular flexibility index (Phi) is 5.18. The van der Waals surface area contributed by atoms with Crippen molar-refractivity contribution in [2.24, 2.45) is 11.8 Å². The predicted molar refractivity (Wildman–Crippen MR) is 144 cm³/mol. The van der Waals surface area contributed by atoms with Crippen molar-refractivity contribution in [3.63, 3.8) is 0 Å². The van der Waals surface area contributed by atoms with E-state index in [1.165, 1.54) is 18.2 Å². The summed E-state index contributed by atoms with van der Waals surface area (Å²) in [5.74, 6) is 3.29. The highest BCUT2D eigenvalue weighted by Gasteiger charge is 2.56. The molecule has 0 spiro atoms. The van der Waals surface area contributed by atoms with E-state index in [0.717, 1.165) is 37.0 Å². The fraction of sp³-hybridized carbons (Fsp3) is 0.400. The number of halogens is 2. The van der Waals surface area contributed by atoms with Crippen LogP contribution in [0.3, 0.4) is 0 Å². The molecule has 194 valence electrons. The van der Waals surface area contributed by atoms with Crippen LogP contribution in [0.15, 0.2) is 24.3 Å². The molecule has 1 saturated heterocycles. The maximum absolute atomic E-state index is 16.9. The van der Waals surface area contributed by atoms with Crippen LogP contribution < -0.4 is 10.2 Å². The van der Waals surface area contributed by atoms with E-state index in [0.29, 0.717) is 53.0 Å². The molecule has 3 atom stereocenters. The van der Waals surface area contributed by atoms with Gasteiger partial charge in [-0.3, -0.25) is 4.68 Å². The van der Waals surface area contributed by atoms with Crippen molar-refractivity contribution in [2.75, 3.05) is 31.1 Å². The fourth-order valence-electron chi connectivity index (χ4n) is 6.53. The van der Waals surface area contributed by atoms with Gasteiger partial charge in [-0.25, -0.2) is 13.8 Å². The number of fused-ring (bicyclic) bond motifs is 3. The molecule has 0 bridgehead atoms. The zero-order chi connectivity index (χ0) is 26.3.